The lowest BCUT2D eigenvalue weighted by Gasteiger charge is -2.37. The van der Waals surface area contributed by atoms with Crippen molar-refractivity contribution in [2.75, 3.05) is 0 Å². The normalized spacial score (nSPS) is 25.7. The van der Waals surface area contributed by atoms with Gasteiger partial charge in [0, 0.05) is 11.0 Å². The van der Waals surface area contributed by atoms with Crippen LogP contribution in [0.25, 0.3) is 5.76 Å². The van der Waals surface area contributed by atoms with Crippen molar-refractivity contribution in [3.8, 4) is 0 Å². The van der Waals surface area contributed by atoms with Gasteiger partial charge in [0.15, 0.2) is 11.6 Å². The molecule has 1 N–H and O–H groups in total. The number of carbonyl (C=O) groups excluding carboxylic acids is 2. The molecule has 1 aromatic rings. The number of halogens is 2. The summed E-state index contributed by atoms with van der Waals surface area (Å²) in [5.41, 5.74) is -0.787. The number of allylic oxidation sites excluding steroid dienone is 1. The van der Waals surface area contributed by atoms with E-state index in [1.54, 1.807) is 44.2 Å². The minimum absolute atomic E-state index is 0.310. The molecule has 0 aromatic heterocycles. The Balaban J connectivity index is 2.57. The van der Waals surface area contributed by atoms with Gasteiger partial charge in [0.1, 0.15) is 22.1 Å². The highest BCUT2D eigenvalue weighted by Gasteiger charge is 2.51. The van der Waals surface area contributed by atoms with Crippen molar-refractivity contribution in [3.63, 3.8) is 0 Å². The zero-order valence-electron chi connectivity index (χ0n) is 11.1. The molecule has 1 aliphatic carbocycles. The highest BCUT2D eigenvalue weighted by Crippen LogP contribution is 2.42. The molecule has 0 radical (unpaired) electrons. The Morgan fingerprint density at radius 1 is 1.05 bits per heavy atom. The number of Topliss-reactive ketones (excluding diaryl/α,β-unsaturated/α-hetero) is 2. The summed E-state index contributed by atoms with van der Waals surface area (Å²) in [5.74, 6) is -1.53. The molecule has 0 unspecified atom stereocenters. The number of aliphatic hydroxyl groups is 1. The fraction of sp³-hybridized carbons (Fsp3) is 0.333. The summed E-state index contributed by atoms with van der Waals surface area (Å²) in [5, 5.41) is 8.30. The number of hydrogen-bond acceptors (Lipinski definition) is 3. The average molecular weight is 313 g/mol. The van der Waals surface area contributed by atoms with Gasteiger partial charge < -0.3 is 5.11 Å². The fourth-order valence-electron chi connectivity index (χ4n) is 2.15. The quantitative estimate of drug-likeness (QED) is 0.374. The number of ketones is 2. The molecule has 1 aromatic carbocycles. The summed E-state index contributed by atoms with van der Waals surface area (Å²) in [6.45, 7) is 3.32. The van der Waals surface area contributed by atoms with Gasteiger partial charge in [-0.15, -0.1) is 23.2 Å². The average Bonchev–Trinajstić information content (AvgIpc) is 2.44. The molecule has 20 heavy (non-hydrogen) atoms. The Bertz CT molecular complexity index is 564. The molecule has 2 atom stereocenters. The van der Waals surface area contributed by atoms with E-state index >= 15 is 0 Å². The van der Waals surface area contributed by atoms with Gasteiger partial charge in [-0.3, -0.25) is 9.59 Å². The molecule has 0 aliphatic heterocycles. The second kappa shape index (κ2) is 5.23. The first-order chi connectivity index (χ1) is 9.28. The van der Waals surface area contributed by atoms with Crippen LogP contribution in [-0.4, -0.2) is 27.4 Å². The van der Waals surface area contributed by atoms with Crippen LogP contribution in [0.3, 0.4) is 0 Å². The minimum atomic E-state index is -0.955. The molecule has 106 valence electrons. The molecule has 1 aliphatic rings. The molecule has 0 heterocycles. The second-order valence-electron chi connectivity index (χ2n) is 5.36. The Labute approximate surface area is 127 Å². The van der Waals surface area contributed by atoms with Crippen LogP contribution in [0, 0.1) is 5.41 Å². The second-order valence-corrected chi connectivity index (χ2v) is 6.24. The van der Waals surface area contributed by atoms with Crippen molar-refractivity contribution in [1.29, 1.82) is 0 Å². The van der Waals surface area contributed by atoms with Crippen molar-refractivity contribution < 1.29 is 14.7 Å². The predicted octanol–water partition coefficient (Wildman–Crippen LogP) is 3.35. The van der Waals surface area contributed by atoms with Crippen molar-refractivity contribution in [2.45, 2.75) is 24.6 Å². The zero-order valence-corrected chi connectivity index (χ0v) is 12.6. The number of benzene rings is 1. The maximum atomic E-state index is 12.3. The van der Waals surface area contributed by atoms with E-state index in [0.29, 0.717) is 5.56 Å². The monoisotopic (exact) mass is 312 g/mol. The summed E-state index contributed by atoms with van der Waals surface area (Å²) in [6.07, 6.45) is 0. The molecule has 1 saturated carbocycles. The molecule has 3 nitrogen and oxygen atoms in total. The third-order valence-corrected chi connectivity index (χ3v) is 5.06. The van der Waals surface area contributed by atoms with Gasteiger partial charge in [-0.25, -0.2) is 0 Å². The van der Waals surface area contributed by atoms with E-state index in [1.165, 1.54) is 0 Å². The maximum absolute atomic E-state index is 12.3. The van der Waals surface area contributed by atoms with Crippen molar-refractivity contribution in [2.24, 2.45) is 5.41 Å². The molecule has 0 bridgehead atoms. The van der Waals surface area contributed by atoms with Gasteiger partial charge in [-0.05, 0) is 0 Å². The SMILES string of the molecule is CC1(C)[C@H](Cl)C(=O)C(=C(O)c2ccccc2)C(=O)[C@H]1Cl. The highest BCUT2D eigenvalue weighted by atomic mass is 35.5. The summed E-state index contributed by atoms with van der Waals surface area (Å²) < 4.78 is 0. The third-order valence-electron chi connectivity index (χ3n) is 3.54. The van der Waals surface area contributed by atoms with Gasteiger partial charge in [-0.1, -0.05) is 44.2 Å². The summed E-state index contributed by atoms with van der Waals surface area (Å²) >= 11 is 12.2. The number of aliphatic hydroxyl groups excluding tert-OH is 1. The Kier molecular flexibility index (Phi) is 3.94. The Morgan fingerprint density at radius 2 is 1.50 bits per heavy atom. The van der Waals surface area contributed by atoms with Crippen LogP contribution < -0.4 is 0 Å². The maximum Gasteiger partial charge on any atom is 0.188 e. The first kappa shape index (κ1) is 15.1. The smallest absolute Gasteiger partial charge is 0.188 e. The van der Waals surface area contributed by atoms with Gasteiger partial charge in [0.25, 0.3) is 0 Å². The van der Waals surface area contributed by atoms with Crippen LogP contribution in [0.2, 0.25) is 0 Å². The molecule has 0 spiro atoms. The molecule has 0 amide bonds. The Morgan fingerprint density at radius 3 is 1.95 bits per heavy atom. The van der Waals surface area contributed by atoms with Crippen LogP contribution >= 0.6 is 23.2 Å². The van der Waals surface area contributed by atoms with E-state index in [2.05, 4.69) is 0 Å². The van der Waals surface area contributed by atoms with Crippen LogP contribution in [0.15, 0.2) is 35.9 Å². The first-order valence-corrected chi connectivity index (χ1v) is 7.01. The molecule has 0 saturated heterocycles. The Hall–Kier alpha value is -1.32. The molecular formula is C15H14Cl2O3. The molecular weight excluding hydrogens is 299 g/mol. The number of alkyl halides is 2. The van der Waals surface area contributed by atoms with E-state index in [9.17, 15) is 14.7 Å². The van der Waals surface area contributed by atoms with Crippen LogP contribution in [0.4, 0.5) is 0 Å². The van der Waals surface area contributed by atoms with E-state index in [-0.39, 0.29) is 11.3 Å². The van der Waals surface area contributed by atoms with Crippen molar-refractivity contribution in [1.82, 2.24) is 0 Å². The molecule has 2 rings (SSSR count). The minimum Gasteiger partial charge on any atom is -0.506 e. The third kappa shape index (κ3) is 2.25. The van der Waals surface area contributed by atoms with E-state index in [4.69, 9.17) is 23.2 Å². The van der Waals surface area contributed by atoms with Gasteiger partial charge in [0.2, 0.25) is 0 Å². The highest BCUT2D eigenvalue weighted by molar-refractivity contribution is 6.48. The number of rotatable bonds is 1. The van der Waals surface area contributed by atoms with E-state index in [0.717, 1.165) is 0 Å². The lowest BCUT2D eigenvalue weighted by Crippen LogP contribution is -2.51. The van der Waals surface area contributed by atoms with E-state index in [1.807, 2.05) is 0 Å². The van der Waals surface area contributed by atoms with Gasteiger partial charge >= 0.3 is 0 Å². The van der Waals surface area contributed by atoms with Crippen molar-refractivity contribution >= 4 is 40.5 Å². The summed E-state index contributed by atoms with van der Waals surface area (Å²) in [6, 6.07) is 8.38. The number of hydrogen-bond donors (Lipinski definition) is 1. The predicted molar refractivity (Wildman–Crippen MR) is 79.1 cm³/mol. The lowest BCUT2D eigenvalue weighted by molar-refractivity contribution is -0.126. The largest absolute Gasteiger partial charge is 0.506 e. The number of carbonyl (C=O) groups is 2. The zero-order chi connectivity index (χ0) is 15.1. The topological polar surface area (TPSA) is 54.4 Å². The van der Waals surface area contributed by atoms with Crippen LogP contribution in [-0.2, 0) is 9.59 Å². The van der Waals surface area contributed by atoms with Crippen LogP contribution in [0.1, 0.15) is 19.4 Å². The van der Waals surface area contributed by atoms with E-state index < -0.39 is 27.7 Å². The lowest BCUT2D eigenvalue weighted by atomic mass is 9.72. The standard InChI is InChI=1S/C15H14Cl2O3/c1-15(2)13(16)11(19)9(12(20)14(15)17)10(18)8-6-4-3-5-7-8/h3-7,13-14,18H,1-2H3/t13-,14-/m1/s1. The first-order valence-electron chi connectivity index (χ1n) is 6.13. The molecule has 5 heteroatoms. The summed E-state index contributed by atoms with van der Waals surface area (Å²) in [4.78, 5) is 24.6. The van der Waals surface area contributed by atoms with Gasteiger partial charge in [0.05, 0.1) is 0 Å². The molecule has 1 fully saturated rings. The van der Waals surface area contributed by atoms with Crippen LogP contribution in [0.5, 0.6) is 0 Å². The summed E-state index contributed by atoms with van der Waals surface area (Å²) in [7, 11) is 0. The fourth-order valence-corrected chi connectivity index (χ4v) is 2.69. The van der Waals surface area contributed by atoms with Crippen molar-refractivity contribution in [3.05, 3.63) is 41.5 Å². The van der Waals surface area contributed by atoms with Gasteiger partial charge in [-0.2, -0.15) is 0 Å².